The van der Waals surface area contributed by atoms with Crippen molar-refractivity contribution in [2.45, 2.75) is 6.92 Å². The summed E-state index contributed by atoms with van der Waals surface area (Å²) in [5.74, 6) is -1.67. The molecule has 1 aromatic rings. The zero-order chi connectivity index (χ0) is 14.3. The van der Waals surface area contributed by atoms with Gasteiger partial charge in [-0.3, -0.25) is 10.1 Å². The zero-order valence-electron chi connectivity index (χ0n) is 10.2. The van der Waals surface area contributed by atoms with E-state index >= 15 is 0 Å². The Bertz CT molecular complexity index is 485. The Hall–Kier alpha value is -2.57. The standard InChI is InChI=1S/C12H13NO6/c1-2-18-12(17)13-10(15)7-19-11(16)8-4-3-5-9(14)6-8/h3-6,14H,2,7H2,1H3,(H,13,15,17). The Kier molecular flexibility index (Phi) is 5.34. The molecule has 0 heterocycles. The second-order valence-electron chi connectivity index (χ2n) is 3.40. The molecule has 0 spiro atoms. The van der Waals surface area contributed by atoms with Crippen LogP contribution in [0.4, 0.5) is 4.79 Å². The smallest absolute Gasteiger partial charge is 0.413 e. The molecule has 0 saturated carbocycles. The fourth-order valence-corrected chi connectivity index (χ4v) is 1.16. The number of imide groups is 1. The van der Waals surface area contributed by atoms with Crippen molar-refractivity contribution in [3.63, 3.8) is 0 Å². The molecule has 0 radical (unpaired) electrons. The molecule has 7 nitrogen and oxygen atoms in total. The van der Waals surface area contributed by atoms with Crippen LogP contribution in [-0.4, -0.2) is 36.3 Å². The summed E-state index contributed by atoms with van der Waals surface area (Å²) in [6, 6.07) is 5.48. The molecule has 0 bridgehead atoms. The van der Waals surface area contributed by atoms with Crippen molar-refractivity contribution < 1.29 is 29.0 Å². The van der Waals surface area contributed by atoms with Crippen molar-refractivity contribution in [3.8, 4) is 5.75 Å². The van der Waals surface area contributed by atoms with Crippen molar-refractivity contribution in [1.29, 1.82) is 0 Å². The number of aromatic hydroxyl groups is 1. The monoisotopic (exact) mass is 267 g/mol. The molecule has 7 heteroatoms. The highest BCUT2D eigenvalue weighted by molar-refractivity contribution is 5.95. The first-order valence-electron chi connectivity index (χ1n) is 5.45. The number of amides is 2. The number of alkyl carbamates (subject to hydrolysis) is 1. The highest BCUT2D eigenvalue weighted by Gasteiger charge is 2.13. The maximum atomic E-state index is 11.5. The molecule has 0 aliphatic heterocycles. The fourth-order valence-electron chi connectivity index (χ4n) is 1.16. The molecule has 19 heavy (non-hydrogen) atoms. The van der Waals surface area contributed by atoms with Crippen LogP contribution in [0.15, 0.2) is 24.3 Å². The molecular formula is C12H13NO6. The lowest BCUT2D eigenvalue weighted by Gasteiger charge is -2.05. The van der Waals surface area contributed by atoms with Gasteiger partial charge in [0.1, 0.15) is 5.75 Å². The predicted molar refractivity (Wildman–Crippen MR) is 63.6 cm³/mol. The third-order valence-electron chi connectivity index (χ3n) is 1.93. The van der Waals surface area contributed by atoms with Gasteiger partial charge in [0.2, 0.25) is 0 Å². The van der Waals surface area contributed by atoms with Crippen LogP contribution in [0.5, 0.6) is 5.75 Å². The molecule has 0 atom stereocenters. The molecule has 0 fully saturated rings. The third-order valence-corrected chi connectivity index (χ3v) is 1.93. The van der Waals surface area contributed by atoms with Crippen LogP contribution in [0, 0.1) is 0 Å². The molecule has 0 aromatic heterocycles. The summed E-state index contributed by atoms with van der Waals surface area (Å²) in [5.41, 5.74) is 0.101. The lowest BCUT2D eigenvalue weighted by atomic mass is 10.2. The van der Waals surface area contributed by atoms with Gasteiger partial charge in [0.05, 0.1) is 12.2 Å². The number of benzene rings is 1. The summed E-state index contributed by atoms with van der Waals surface area (Å²) in [7, 11) is 0. The van der Waals surface area contributed by atoms with E-state index in [1.807, 2.05) is 5.32 Å². The second kappa shape index (κ2) is 7.00. The van der Waals surface area contributed by atoms with Gasteiger partial charge in [-0.05, 0) is 25.1 Å². The van der Waals surface area contributed by atoms with Gasteiger partial charge in [0, 0.05) is 0 Å². The summed E-state index contributed by atoms with van der Waals surface area (Å²) < 4.78 is 9.13. The Morgan fingerprint density at radius 2 is 2.00 bits per heavy atom. The fraction of sp³-hybridized carbons (Fsp3) is 0.250. The van der Waals surface area contributed by atoms with Crippen molar-refractivity contribution in [2.75, 3.05) is 13.2 Å². The molecule has 2 amide bonds. The number of hydrogen-bond donors (Lipinski definition) is 2. The number of carbonyl (C=O) groups is 3. The Morgan fingerprint density at radius 1 is 1.26 bits per heavy atom. The summed E-state index contributed by atoms with van der Waals surface area (Å²) in [4.78, 5) is 33.6. The van der Waals surface area contributed by atoms with Gasteiger partial charge >= 0.3 is 12.1 Å². The van der Waals surface area contributed by atoms with E-state index in [2.05, 4.69) is 9.47 Å². The lowest BCUT2D eigenvalue weighted by Crippen LogP contribution is -2.34. The van der Waals surface area contributed by atoms with Crippen LogP contribution in [0.1, 0.15) is 17.3 Å². The highest BCUT2D eigenvalue weighted by atomic mass is 16.6. The van der Waals surface area contributed by atoms with Crippen molar-refractivity contribution in [3.05, 3.63) is 29.8 Å². The summed E-state index contributed by atoms with van der Waals surface area (Å²) in [5, 5.41) is 11.0. The minimum Gasteiger partial charge on any atom is -0.508 e. The van der Waals surface area contributed by atoms with Crippen LogP contribution >= 0.6 is 0 Å². The molecule has 2 N–H and O–H groups in total. The van der Waals surface area contributed by atoms with E-state index in [1.165, 1.54) is 24.3 Å². The van der Waals surface area contributed by atoms with E-state index in [-0.39, 0.29) is 17.9 Å². The Balaban J connectivity index is 2.42. The number of hydrogen-bond acceptors (Lipinski definition) is 6. The van der Waals surface area contributed by atoms with Crippen LogP contribution < -0.4 is 5.32 Å². The van der Waals surface area contributed by atoms with E-state index in [0.29, 0.717) is 0 Å². The number of ether oxygens (including phenoxy) is 2. The van der Waals surface area contributed by atoms with Gasteiger partial charge in [0.15, 0.2) is 6.61 Å². The number of rotatable bonds is 4. The van der Waals surface area contributed by atoms with Crippen molar-refractivity contribution in [1.82, 2.24) is 5.32 Å². The van der Waals surface area contributed by atoms with E-state index in [1.54, 1.807) is 6.92 Å². The topological polar surface area (TPSA) is 102 Å². The number of phenolic OH excluding ortho intramolecular Hbond substituents is 1. The summed E-state index contributed by atoms with van der Waals surface area (Å²) in [6.07, 6.45) is -0.902. The Morgan fingerprint density at radius 3 is 2.63 bits per heavy atom. The number of nitrogens with one attached hydrogen (secondary N) is 1. The largest absolute Gasteiger partial charge is 0.508 e. The first-order chi connectivity index (χ1) is 9.02. The minimum atomic E-state index is -0.902. The van der Waals surface area contributed by atoms with Crippen LogP contribution in [0.25, 0.3) is 0 Å². The summed E-state index contributed by atoms with van der Waals surface area (Å²) >= 11 is 0. The van der Waals surface area contributed by atoms with E-state index in [4.69, 9.17) is 5.11 Å². The molecule has 1 rings (SSSR count). The van der Waals surface area contributed by atoms with Crippen molar-refractivity contribution >= 4 is 18.0 Å². The first-order valence-corrected chi connectivity index (χ1v) is 5.45. The quantitative estimate of drug-likeness (QED) is 0.783. The summed E-state index contributed by atoms with van der Waals surface area (Å²) in [6.45, 7) is 1.10. The van der Waals surface area contributed by atoms with Gasteiger partial charge in [-0.2, -0.15) is 0 Å². The SMILES string of the molecule is CCOC(=O)NC(=O)COC(=O)c1cccc(O)c1. The predicted octanol–water partition coefficient (Wildman–Crippen LogP) is 0.822. The molecule has 0 aliphatic rings. The van der Waals surface area contributed by atoms with E-state index in [0.717, 1.165) is 0 Å². The minimum absolute atomic E-state index is 0.0922. The van der Waals surface area contributed by atoms with Gasteiger partial charge in [0.25, 0.3) is 5.91 Å². The number of carbonyl (C=O) groups excluding carboxylic acids is 3. The van der Waals surface area contributed by atoms with Gasteiger partial charge in [-0.25, -0.2) is 9.59 Å². The highest BCUT2D eigenvalue weighted by Crippen LogP contribution is 2.11. The molecule has 0 aliphatic carbocycles. The van der Waals surface area contributed by atoms with Crippen LogP contribution in [-0.2, 0) is 14.3 Å². The lowest BCUT2D eigenvalue weighted by molar-refractivity contribution is -0.123. The normalized spacial score (nSPS) is 9.53. The zero-order valence-corrected chi connectivity index (χ0v) is 10.2. The van der Waals surface area contributed by atoms with Gasteiger partial charge < -0.3 is 14.6 Å². The second-order valence-corrected chi connectivity index (χ2v) is 3.40. The average Bonchev–Trinajstić information content (AvgIpc) is 2.36. The van der Waals surface area contributed by atoms with Gasteiger partial charge in [-0.1, -0.05) is 6.07 Å². The van der Waals surface area contributed by atoms with Gasteiger partial charge in [-0.15, -0.1) is 0 Å². The maximum absolute atomic E-state index is 11.5. The molecule has 0 saturated heterocycles. The van der Waals surface area contributed by atoms with Crippen molar-refractivity contribution in [2.24, 2.45) is 0 Å². The van der Waals surface area contributed by atoms with E-state index < -0.39 is 24.6 Å². The molecule has 1 aromatic carbocycles. The maximum Gasteiger partial charge on any atom is 0.413 e. The molecular weight excluding hydrogens is 254 g/mol. The average molecular weight is 267 g/mol. The van der Waals surface area contributed by atoms with E-state index in [9.17, 15) is 14.4 Å². The number of esters is 1. The van der Waals surface area contributed by atoms with Crippen LogP contribution in [0.2, 0.25) is 0 Å². The molecule has 102 valence electrons. The first kappa shape index (κ1) is 14.5. The van der Waals surface area contributed by atoms with Crippen LogP contribution in [0.3, 0.4) is 0 Å². The third kappa shape index (κ3) is 5.07. The number of phenols is 1. The molecule has 0 unspecified atom stereocenters. The Labute approximate surface area is 109 Å².